The molecule has 0 aromatic heterocycles. The molecule has 1 amide bonds. The van der Waals surface area contributed by atoms with E-state index in [-0.39, 0.29) is 17.5 Å². The smallest absolute Gasteiger partial charge is 0.306 e. The SMILES string of the molecule is CC(C)(C)OC(=O)CCCCCCCCCCCCCCCCC(=O)NCCOCCOCCOCCOCCOCCOCCOCCOCCOCCN. The Balaban J connectivity index is 3.18. The molecule has 334 valence electrons. The van der Waals surface area contributed by atoms with Crippen LogP contribution in [-0.2, 0) is 57.0 Å². The van der Waals surface area contributed by atoms with Crippen LogP contribution in [0.25, 0.3) is 0 Å². The van der Waals surface area contributed by atoms with Crippen LogP contribution >= 0.6 is 0 Å². The second-order valence-corrected chi connectivity index (χ2v) is 14.7. The van der Waals surface area contributed by atoms with E-state index in [1.807, 2.05) is 20.8 Å². The summed E-state index contributed by atoms with van der Waals surface area (Å²) in [5, 5.41) is 2.93. The first-order valence-corrected chi connectivity index (χ1v) is 21.7. The van der Waals surface area contributed by atoms with Gasteiger partial charge < -0.3 is 58.4 Å². The summed E-state index contributed by atoms with van der Waals surface area (Å²) in [4.78, 5) is 23.8. The van der Waals surface area contributed by atoms with Crippen LogP contribution in [0.2, 0.25) is 0 Å². The van der Waals surface area contributed by atoms with E-state index in [0.717, 1.165) is 25.7 Å². The highest BCUT2D eigenvalue weighted by Crippen LogP contribution is 2.15. The van der Waals surface area contributed by atoms with Crippen molar-refractivity contribution in [3.8, 4) is 0 Å². The van der Waals surface area contributed by atoms with Crippen molar-refractivity contribution in [2.75, 3.05) is 132 Å². The van der Waals surface area contributed by atoms with Gasteiger partial charge in [-0.25, -0.2) is 0 Å². The number of ether oxygens (including phenoxy) is 10. The average Bonchev–Trinajstić information content (AvgIpc) is 3.16. The van der Waals surface area contributed by atoms with Crippen LogP contribution in [0, 0.1) is 0 Å². The summed E-state index contributed by atoms with van der Waals surface area (Å²) in [6, 6.07) is 0. The van der Waals surface area contributed by atoms with Gasteiger partial charge in [0.25, 0.3) is 0 Å². The molecule has 0 bridgehead atoms. The number of amides is 1. The van der Waals surface area contributed by atoms with E-state index in [9.17, 15) is 9.59 Å². The molecule has 0 saturated heterocycles. The van der Waals surface area contributed by atoms with E-state index in [2.05, 4.69) is 5.32 Å². The van der Waals surface area contributed by atoms with Gasteiger partial charge in [-0.15, -0.1) is 0 Å². The Kier molecular flexibility index (Phi) is 43.5. The second kappa shape index (κ2) is 44.6. The molecule has 0 aliphatic carbocycles. The maximum atomic E-state index is 12.0. The zero-order valence-corrected chi connectivity index (χ0v) is 35.9. The first kappa shape index (κ1) is 54.5. The van der Waals surface area contributed by atoms with Crippen molar-refractivity contribution in [3.63, 3.8) is 0 Å². The summed E-state index contributed by atoms with van der Waals surface area (Å²) in [7, 11) is 0. The molecule has 3 N–H and O–H groups in total. The van der Waals surface area contributed by atoms with E-state index in [4.69, 9.17) is 53.1 Å². The van der Waals surface area contributed by atoms with Crippen LogP contribution in [-0.4, -0.2) is 149 Å². The molecule has 56 heavy (non-hydrogen) atoms. The second-order valence-electron chi connectivity index (χ2n) is 14.7. The van der Waals surface area contributed by atoms with Crippen molar-refractivity contribution in [3.05, 3.63) is 0 Å². The molecule has 0 aliphatic heterocycles. The summed E-state index contributed by atoms with van der Waals surface area (Å²) in [6.07, 6.45) is 18.0. The van der Waals surface area contributed by atoms with Crippen molar-refractivity contribution in [2.45, 2.75) is 129 Å². The van der Waals surface area contributed by atoms with E-state index >= 15 is 0 Å². The highest BCUT2D eigenvalue weighted by molar-refractivity contribution is 5.75. The van der Waals surface area contributed by atoms with Crippen LogP contribution in [0.4, 0.5) is 0 Å². The van der Waals surface area contributed by atoms with Crippen molar-refractivity contribution in [1.29, 1.82) is 0 Å². The Labute approximate surface area is 340 Å². The number of unbranched alkanes of at least 4 members (excludes halogenated alkanes) is 13. The van der Waals surface area contributed by atoms with E-state index in [0.29, 0.717) is 145 Å². The first-order chi connectivity index (χ1) is 27.3. The molecular weight excluding hydrogens is 724 g/mol. The number of carbonyl (C=O) groups excluding carboxylic acids is 2. The van der Waals surface area contributed by atoms with Crippen LogP contribution in [0.1, 0.15) is 124 Å². The Bertz CT molecular complexity index is 819. The molecule has 0 atom stereocenters. The quantitative estimate of drug-likeness (QED) is 0.0561. The molecule has 0 saturated carbocycles. The summed E-state index contributed by atoms with van der Waals surface area (Å²) in [6.45, 7) is 16.0. The minimum atomic E-state index is -0.380. The highest BCUT2D eigenvalue weighted by atomic mass is 16.6. The molecule has 0 radical (unpaired) electrons. The van der Waals surface area contributed by atoms with Gasteiger partial charge in [0.2, 0.25) is 5.91 Å². The summed E-state index contributed by atoms with van der Waals surface area (Å²) < 4.78 is 54.4. The Morgan fingerprint density at radius 3 is 0.964 bits per heavy atom. The lowest BCUT2D eigenvalue weighted by Crippen LogP contribution is -2.27. The molecule has 0 aliphatic rings. The number of nitrogens with one attached hydrogen (secondary N) is 1. The lowest BCUT2D eigenvalue weighted by molar-refractivity contribution is -0.154. The summed E-state index contributed by atoms with van der Waals surface area (Å²) in [5.41, 5.74) is 4.96. The first-order valence-electron chi connectivity index (χ1n) is 21.7. The van der Waals surface area contributed by atoms with E-state index in [1.54, 1.807) is 0 Å². The molecule has 0 aromatic carbocycles. The molecule has 0 spiro atoms. The molecule has 0 fully saturated rings. The minimum Gasteiger partial charge on any atom is -0.460 e. The van der Waals surface area contributed by atoms with Gasteiger partial charge in [-0.2, -0.15) is 0 Å². The molecule has 0 heterocycles. The zero-order valence-electron chi connectivity index (χ0n) is 35.9. The van der Waals surface area contributed by atoms with Crippen molar-refractivity contribution in [2.24, 2.45) is 5.73 Å². The predicted octanol–water partition coefficient (Wildman–Crippen LogP) is 5.79. The van der Waals surface area contributed by atoms with Crippen molar-refractivity contribution < 1.29 is 57.0 Å². The molecule has 14 heteroatoms. The third-order valence-corrected chi connectivity index (χ3v) is 8.26. The minimum absolute atomic E-state index is 0.0746. The van der Waals surface area contributed by atoms with E-state index in [1.165, 1.54) is 64.2 Å². The van der Waals surface area contributed by atoms with Gasteiger partial charge in [-0.05, 0) is 33.6 Å². The Morgan fingerprint density at radius 1 is 0.393 bits per heavy atom. The fraction of sp³-hybridized carbons (Fsp3) is 0.952. The van der Waals surface area contributed by atoms with Crippen LogP contribution in [0.15, 0.2) is 0 Å². The molecule has 0 aromatic rings. The van der Waals surface area contributed by atoms with Crippen LogP contribution in [0.5, 0.6) is 0 Å². The van der Waals surface area contributed by atoms with Crippen LogP contribution in [0.3, 0.4) is 0 Å². The van der Waals surface area contributed by atoms with Gasteiger partial charge in [-0.1, -0.05) is 77.0 Å². The number of hydrogen-bond acceptors (Lipinski definition) is 13. The van der Waals surface area contributed by atoms with Gasteiger partial charge in [0.15, 0.2) is 0 Å². The lowest BCUT2D eigenvalue weighted by atomic mass is 10.0. The van der Waals surface area contributed by atoms with Crippen molar-refractivity contribution >= 4 is 11.9 Å². The Morgan fingerprint density at radius 2 is 0.661 bits per heavy atom. The third kappa shape index (κ3) is 48.7. The number of esters is 1. The molecule has 0 unspecified atom stereocenters. The van der Waals surface area contributed by atoms with Crippen LogP contribution < -0.4 is 11.1 Å². The molecular formula is C42H84N2O12. The number of carbonyl (C=O) groups is 2. The van der Waals surface area contributed by atoms with Gasteiger partial charge in [0.05, 0.1) is 119 Å². The highest BCUT2D eigenvalue weighted by Gasteiger charge is 2.15. The summed E-state index contributed by atoms with van der Waals surface area (Å²) >= 11 is 0. The standard InChI is InChI=1S/C42H84N2O12/c1-42(2,3)56-41(46)19-17-15-13-11-9-7-5-4-6-8-10-12-14-16-18-40(45)44-21-23-48-25-27-50-29-31-52-33-35-54-37-39-55-38-36-53-34-32-51-30-28-49-26-24-47-22-20-43/h4-39,43H2,1-3H3,(H,44,45). The average molecular weight is 809 g/mol. The summed E-state index contributed by atoms with van der Waals surface area (Å²) in [5.74, 6) is 0.0265. The predicted molar refractivity (Wildman–Crippen MR) is 219 cm³/mol. The third-order valence-electron chi connectivity index (χ3n) is 8.26. The fourth-order valence-corrected chi connectivity index (χ4v) is 5.36. The zero-order chi connectivity index (χ0) is 40.9. The topological polar surface area (TPSA) is 164 Å². The molecule has 0 rings (SSSR count). The monoisotopic (exact) mass is 809 g/mol. The fourth-order valence-electron chi connectivity index (χ4n) is 5.36. The lowest BCUT2D eigenvalue weighted by Gasteiger charge is -2.19. The van der Waals surface area contributed by atoms with Crippen molar-refractivity contribution in [1.82, 2.24) is 5.32 Å². The van der Waals surface area contributed by atoms with E-state index < -0.39 is 0 Å². The van der Waals surface area contributed by atoms with Gasteiger partial charge in [0, 0.05) is 25.9 Å². The normalized spacial score (nSPS) is 11.7. The van der Waals surface area contributed by atoms with Gasteiger partial charge >= 0.3 is 5.97 Å². The number of hydrogen-bond donors (Lipinski definition) is 2. The number of rotatable bonds is 46. The van der Waals surface area contributed by atoms with Gasteiger partial charge in [0.1, 0.15) is 5.60 Å². The van der Waals surface area contributed by atoms with Gasteiger partial charge in [-0.3, -0.25) is 9.59 Å². The number of nitrogens with two attached hydrogens (primary N) is 1. The Hall–Kier alpha value is -1.46. The maximum Gasteiger partial charge on any atom is 0.306 e. The molecule has 14 nitrogen and oxygen atoms in total. The largest absolute Gasteiger partial charge is 0.460 e. The maximum absolute atomic E-state index is 12.0.